The largest absolute Gasteiger partial charge is 0.507 e. The Balaban J connectivity index is 2.55. The highest BCUT2D eigenvalue weighted by molar-refractivity contribution is 6.30. The van der Waals surface area contributed by atoms with Crippen molar-refractivity contribution in [2.45, 2.75) is 0 Å². The Morgan fingerprint density at radius 1 is 1.14 bits per heavy atom. The number of hydrogen-bond donors (Lipinski definition) is 1. The average Bonchev–Trinajstić information content (AvgIpc) is 2.18. The lowest BCUT2D eigenvalue weighted by Crippen LogP contribution is -1.78. The Morgan fingerprint density at radius 3 is 2.71 bits per heavy atom. The molecule has 0 unspecified atom stereocenters. The van der Waals surface area contributed by atoms with Crippen molar-refractivity contribution in [3.8, 4) is 16.9 Å². The van der Waals surface area contributed by atoms with E-state index in [4.69, 9.17) is 11.6 Å². The molecule has 69 valence electrons. The number of hydrogen-bond acceptors (Lipinski definition) is 1. The molecule has 0 saturated heterocycles. The Hall–Kier alpha value is -1.47. The fourth-order valence-corrected chi connectivity index (χ4v) is 1.51. The zero-order valence-corrected chi connectivity index (χ0v) is 8.12. The van der Waals surface area contributed by atoms with Crippen LogP contribution in [0.4, 0.5) is 0 Å². The third kappa shape index (κ3) is 1.73. The van der Waals surface area contributed by atoms with Gasteiger partial charge in [-0.15, -0.1) is 0 Å². The molecule has 0 bridgehead atoms. The first-order chi connectivity index (χ1) is 6.77. The fourth-order valence-electron chi connectivity index (χ4n) is 1.32. The molecular weight excluding hydrogens is 196 g/mol. The molecule has 2 heteroatoms. The molecule has 0 saturated carbocycles. The van der Waals surface area contributed by atoms with Gasteiger partial charge in [0.05, 0.1) is 0 Å². The molecule has 0 aliphatic carbocycles. The van der Waals surface area contributed by atoms with E-state index < -0.39 is 0 Å². The van der Waals surface area contributed by atoms with E-state index in [1.807, 2.05) is 30.3 Å². The summed E-state index contributed by atoms with van der Waals surface area (Å²) in [5.74, 6) is 0.148. The Bertz CT molecular complexity index is 452. The molecule has 0 spiro atoms. The summed E-state index contributed by atoms with van der Waals surface area (Å²) >= 11 is 5.86. The first kappa shape index (κ1) is 9.10. The van der Waals surface area contributed by atoms with Crippen LogP contribution in [0.5, 0.6) is 5.75 Å². The topological polar surface area (TPSA) is 20.2 Å². The van der Waals surface area contributed by atoms with Gasteiger partial charge in [-0.05, 0) is 17.7 Å². The van der Waals surface area contributed by atoms with Crippen molar-refractivity contribution in [1.29, 1.82) is 0 Å². The molecule has 1 nitrogen and oxygen atoms in total. The molecule has 1 radical (unpaired) electrons. The van der Waals surface area contributed by atoms with Gasteiger partial charge in [0.25, 0.3) is 0 Å². The lowest BCUT2D eigenvalue weighted by atomic mass is 10.1. The van der Waals surface area contributed by atoms with E-state index >= 15 is 0 Å². The van der Waals surface area contributed by atoms with E-state index in [0.29, 0.717) is 5.02 Å². The third-order valence-electron chi connectivity index (χ3n) is 1.97. The van der Waals surface area contributed by atoms with E-state index in [-0.39, 0.29) is 5.75 Å². The molecule has 1 N–H and O–H groups in total. The summed E-state index contributed by atoms with van der Waals surface area (Å²) < 4.78 is 0. The molecule has 0 aromatic heterocycles. The van der Waals surface area contributed by atoms with Gasteiger partial charge in [0, 0.05) is 16.7 Å². The number of rotatable bonds is 1. The molecule has 0 aliphatic heterocycles. The van der Waals surface area contributed by atoms with Gasteiger partial charge in [-0.1, -0.05) is 41.9 Å². The van der Waals surface area contributed by atoms with Crippen LogP contribution in [0, 0.1) is 6.07 Å². The van der Waals surface area contributed by atoms with Crippen LogP contribution < -0.4 is 0 Å². The van der Waals surface area contributed by atoms with Crippen molar-refractivity contribution in [3.63, 3.8) is 0 Å². The molecule has 14 heavy (non-hydrogen) atoms. The maximum absolute atomic E-state index is 9.56. The predicted molar refractivity (Wildman–Crippen MR) is 57.4 cm³/mol. The summed E-state index contributed by atoms with van der Waals surface area (Å²) in [6.45, 7) is 0. The summed E-state index contributed by atoms with van der Waals surface area (Å²) in [4.78, 5) is 0. The van der Waals surface area contributed by atoms with Crippen molar-refractivity contribution in [1.82, 2.24) is 0 Å². The minimum absolute atomic E-state index is 0.148. The zero-order valence-electron chi connectivity index (χ0n) is 7.37. The van der Waals surface area contributed by atoms with Gasteiger partial charge in [-0.2, -0.15) is 0 Å². The van der Waals surface area contributed by atoms with Gasteiger partial charge in [0.15, 0.2) is 0 Å². The predicted octanol–water partition coefficient (Wildman–Crippen LogP) is 3.51. The molecule has 0 atom stereocenters. The molecule has 2 rings (SSSR count). The molecule has 0 amide bonds. The van der Waals surface area contributed by atoms with Gasteiger partial charge < -0.3 is 5.11 Å². The number of phenols is 1. The lowest BCUT2D eigenvalue weighted by molar-refractivity contribution is 0.476. The van der Waals surface area contributed by atoms with Crippen molar-refractivity contribution in [2.24, 2.45) is 0 Å². The highest BCUT2D eigenvalue weighted by Crippen LogP contribution is 2.29. The fraction of sp³-hybridized carbons (Fsp3) is 0. The van der Waals surface area contributed by atoms with Crippen LogP contribution in [0.15, 0.2) is 42.5 Å². The number of aromatic hydroxyl groups is 1. The number of benzene rings is 2. The molecule has 0 fully saturated rings. The van der Waals surface area contributed by atoms with Crippen LogP contribution in [0.25, 0.3) is 11.1 Å². The normalized spacial score (nSPS) is 10.1. The van der Waals surface area contributed by atoms with E-state index in [1.165, 1.54) is 0 Å². The van der Waals surface area contributed by atoms with Crippen molar-refractivity contribution in [3.05, 3.63) is 53.6 Å². The van der Waals surface area contributed by atoms with Gasteiger partial charge in [0.1, 0.15) is 5.75 Å². The Kier molecular flexibility index (Phi) is 2.42. The van der Waals surface area contributed by atoms with E-state index in [2.05, 4.69) is 6.07 Å². The van der Waals surface area contributed by atoms with Crippen LogP contribution in [-0.2, 0) is 0 Å². The van der Waals surface area contributed by atoms with E-state index in [0.717, 1.165) is 11.1 Å². The molecule has 0 aliphatic rings. The summed E-state index contributed by atoms with van der Waals surface area (Å²) in [6, 6.07) is 15.4. The maximum Gasteiger partial charge on any atom is 0.131 e. The van der Waals surface area contributed by atoms with Crippen molar-refractivity contribution >= 4 is 11.6 Å². The Morgan fingerprint density at radius 2 is 2.00 bits per heavy atom. The summed E-state index contributed by atoms with van der Waals surface area (Å²) in [5, 5.41) is 10.2. The second-order valence-corrected chi connectivity index (χ2v) is 3.38. The van der Waals surface area contributed by atoms with Gasteiger partial charge in [-0.3, -0.25) is 0 Å². The van der Waals surface area contributed by atoms with Crippen LogP contribution in [-0.4, -0.2) is 5.11 Å². The van der Waals surface area contributed by atoms with E-state index in [1.54, 1.807) is 12.1 Å². The third-order valence-corrected chi connectivity index (χ3v) is 2.21. The monoisotopic (exact) mass is 203 g/mol. The van der Waals surface area contributed by atoms with Crippen molar-refractivity contribution < 1.29 is 5.11 Å². The Labute approximate surface area is 87.6 Å². The summed E-state index contributed by atoms with van der Waals surface area (Å²) in [5.41, 5.74) is 1.64. The van der Waals surface area contributed by atoms with Gasteiger partial charge in [-0.25, -0.2) is 0 Å². The SMILES string of the molecule is Oc1[c]cccc1-c1cccc(Cl)c1. The lowest BCUT2D eigenvalue weighted by Gasteiger charge is -2.03. The average molecular weight is 204 g/mol. The molecule has 2 aromatic carbocycles. The van der Waals surface area contributed by atoms with Crippen LogP contribution in [0.3, 0.4) is 0 Å². The van der Waals surface area contributed by atoms with E-state index in [9.17, 15) is 5.11 Å². The molecule has 2 aromatic rings. The highest BCUT2D eigenvalue weighted by Gasteiger charge is 2.02. The van der Waals surface area contributed by atoms with Crippen LogP contribution in [0.2, 0.25) is 5.02 Å². The summed E-state index contributed by atoms with van der Waals surface area (Å²) in [6.07, 6.45) is 0. The maximum atomic E-state index is 9.56. The molecule has 0 heterocycles. The summed E-state index contributed by atoms with van der Waals surface area (Å²) in [7, 11) is 0. The second-order valence-electron chi connectivity index (χ2n) is 2.94. The minimum atomic E-state index is 0.148. The number of halogens is 1. The highest BCUT2D eigenvalue weighted by atomic mass is 35.5. The zero-order chi connectivity index (χ0) is 9.97. The number of para-hydroxylation sites is 1. The quantitative estimate of drug-likeness (QED) is 0.752. The minimum Gasteiger partial charge on any atom is -0.507 e. The first-order valence-electron chi connectivity index (χ1n) is 4.23. The first-order valence-corrected chi connectivity index (χ1v) is 4.61. The molecular formula is C12H8ClO. The smallest absolute Gasteiger partial charge is 0.131 e. The van der Waals surface area contributed by atoms with Gasteiger partial charge >= 0.3 is 0 Å². The number of phenolic OH excluding ortho intramolecular Hbond substituents is 1. The standard InChI is InChI=1S/C12H8ClO/c13-10-5-3-4-9(8-10)11-6-1-2-7-12(11)14/h1-6,8,14H. The second kappa shape index (κ2) is 3.72. The van der Waals surface area contributed by atoms with Crippen molar-refractivity contribution in [2.75, 3.05) is 0 Å². The van der Waals surface area contributed by atoms with Crippen LogP contribution >= 0.6 is 11.6 Å². The van der Waals surface area contributed by atoms with Gasteiger partial charge in [0.2, 0.25) is 0 Å². The van der Waals surface area contributed by atoms with Crippen LogP contribution in [0.1, 0.15) is 0 Å².